The molecule has 0 radical (unpaired) electrons. The van der Waals surface area contributed by atoms with Gasteiger partial charge < -0.3 is 15.1 Å². The molecular weight excluding hydrogens is 326 g/mol. The van der Waals surface area contributed by atoms with Gasteiger partial charge in [0.2, 0.25) is 0 Å². The van der Waals surface area contributed by atoms with Crippen molar-refractivity contribution in [2.75, 3.05) is 40.8 Å². The molecule has 1 aromatic rings. The molecule has 0 aliphatic carbocycles. The summed E-state index contributed by atoms with van der Waals surface area (Å²) in [5, 5.41) is 3.45. The monoisotopic (exact) mass is 353 g/mol. The molecule has 1 aromatic carbocycles. The fraction of sp³-hybridized carbons (Fsp3) is 0.647. The van der Waals surface area contributed by atoms with Gasteiger partial charge in [-0.05, 0) is 77.7 Å². The summed E-state index contributed by atoms with van der Waals surface area (Å²) in [6, 6.07) is 9.90. The van der Waals surface area contributed by atoms with E-state index in [9.17, 15) is 0 Å². The normalized spacial score (nSPS) is 19.1. The Morgan fingerprint density at radius 2 is 1.86 bits per heavy atom. The third-order valence-corrected chi connectivity index (χ3v) is 5.17. The van der Waals surface area contributed by atoms with E-state index in [1.54, 1.807) is 0 Å². The highest BCUT2D eigenvalue weighted by molar-refractivity contribution is 9.10. The largest absolute Gasteiger partial charge is 0.313 e. The zero-order chi connectivity index (χ0) is 15.2. The fourth-order valence-electron chi connectivity index (χ4n) is 3.14. The third-order valence-electron chi connectivity index (χ3n) is 4.64. The number of piperidine rings is 1. The summed E-state index contributed by atoms with van der Waals surface area (Å²) in [7, 11) is 6.46. The quantitative estimate of drug-likeness (QED) is 0.847. The fourth-order valence-corrected chi connectivity index (χ4v) is 3.41. The molecule has 1 aliphatic rings. The lowest BCUT2D eigenvalue weighted by Crippen LogP contribution is -2.42. The Kier molecular flexibility index (Phi) is 6.68. The van der Waals surface area contributed by atoms with Gasteiger partial charge in [0, 0.05) is 16.6 Å². The number of hydrogen-bond donors (Lipinski definition) is 1. The second kappa shape index (κ2) is 8.28. The molecule has 2 rings (SSSR count). The second-order valence-electron chi connectivity index (χ2n) is 6.22. The summed E-state index contributed by atoms with van der Waals surface area (Å²) < 4.78 is 1.15. The van der Waals surface area contributed by atoms with E-state index in [-0.39, 0.29) is 0 Å². The van der Waals surface area contributed by atoms with E-state index in [0.29, 0.717) is 6.04 Å². The molecule has 0 aromatic heterocycles. The summed E-state index contributed by atoms with van der Waals surface area (Å²) >= 11 is 3.50. The Balaban J connectivity index is 1.80. The van der Waals surface area contributed by atoms with Crippen LogP contribution in [0.3, 0.4) is 0 Å². The van der Waals surface area contributed by atoms with Gasteiger partial charge in [0.1, 0.15) is 0 Å². The van der Waals surface area contributed by atoms with Crippen molar-refractivity contribution in [1.82, 2.24) is 15.1 Å². The highest BCUT2D eigenvalue weighted by Crippen LogP contribution is 2.21. The lowest BCUT2D eigenvalue weighted by molar-refractivity contribution is 0.141. The minimum absolute atomic E-state index is 0.449. The number of nitrogens with one attached hydrogen (secondary N) is 1. The molecule has 1 unspecified atom stereocenters. The number of nitrogens with zero attached hydrogens (tertiary/aromatic N) is 2. The molecule has 0 bridgehead atoms. The predicted octanol–water partition coefficient (Wildman–Crippen LogP) is 3.13. The van der Waals surface area contributed by atoms with E-state index in [4.69, 9.17) is 0 Å². The minimum atomic E-state index is 0.449. The summed E-state index contributed by atoms with van der Waals surface area (Å²) in [6.45, 7) is 3.65. The van der Waals surface area contributed by atoms with E-state index in [1.807, 2.05) is 0 Å². The van der Waals surface area contributed by atoms with Crippen molar-refractivity contribution in [3.05, 3.63) is 34.3 Å². The number of halogens is 1. The van der Waals surface area contributed by atoms with Crippen molar-refractivity contribution in [2.45, 2.75) is 31.3 Å². The topological polar surface area (TPSA) is 18.5 Å². The maximum absolute atomic E-state index is 3.50. The van der Waals surface area contributed by atoms with E-state index in [2.05, 4.69) is 76.5 Å². The van der Waals surface area contributed by atoms with Crippen LogP contribution in [0, 0.1) is 0 Å². The number of benzene rings is 1. The molecule has 1 saturated heterocycles. The van der Waals surface area contributed by atoms with Crippen molar-refractivity contribution in [2.24, 2.45) is 0 Å². The Morgan fingerprint density at radius 1 is 1.24 bits per heavy atom. The first kappa shape index (κ1) is 16.9. The van der Waals surface area contributed by atoms with Crippen LogP contribution in [-0.2, 0) is 0 Å². The zero-order valence-corrected chi connectivity index (χ0v) is 15.1. The number of hydrogen-bond acceptors (Lipinski definition) is 3. The van der Waals surface area contributed by atoms with Gasteiger partial charge in [-0.15, -0.1) is 0 Å². The molecule has 0 spiro atoms. The molecule has 1 atom stereocenters. The first-order valence-electron chi connectivity index (χ1n) is 7.91. The molecule has 4 heteroatoms. The van der Waals surface area contributed by atoms with Crippen LogP contribution in [0.4, 0.5) is 0 Å². The van der Waals surface area contributed by atoms with E-state index >= 15 is 0 Å². The lowest BCUT2D eigenvalue weighted by Gasteiger charge is -2.35. The molecule has 1 aliphatic heterocycles. The molecular formula is C17H28BrN3. The lowest BCUT2D eigenvalue weighted by atomic mass is 10.0. The smallest absolute Gasteiger partial charge is 0.0329 e. The molecule has 0 amide bonds. The maximum Gasteiger partial charge on any atom is 0.0329 e. The summed E-state index contributed by atoms with van der Waals surface area (Å²) in [4.78, 5) is 4.98. The van der Waals surface area contributed by atoms with Crippen LogP contribution >= 0.6 is 15.9 Å². The van der Waals surface area contributed by atoms with Crippen molar-refractivity contribution < 1.29 is 0 Å². The predicted molar refractivity (Wildman–Crippen MR) is 93.7 cm³/mol. The molecule has 1 heterocycles. The number of rotatable bonds is 6. The van der Waals surface area contributed by atoms with Crippen LogP contribution in [0.5, 0.6) is 0 Å². The first-order chi connectivity index (χ1) is 10.1. The minimum Gasteiger partial charge on any atom is -0.313 e. The maximum atomic E-state index is 3.50. The molecule has 1 fully saturated rings. The van der Waals surface area contributed by atoms with E-state index in [0.717, 1.165) is 10.5 Å². The summed E-state index contributed by atoms with van der Waals surface area (Å²) in [5.41, 5.74) is 1.38. The van der Waals surface area contributed by atoms with Gasteiger partial charge in [0.25, 0.3) is 0 Å². The van der Waals surface area contributed by atoms with Crippen molar-refractivity contribution in [3.8, 4) is 0 Å². The van der Waals surface area contributed by atoms with Gasteiger partial charge in [0.15, 0.2) is 0 Å². The Morgan fingerprint density at radius 3 is 2.38 bits per heavy atom. The second-order valence-corrected chi connectivity index (χ2v) is 7.13. The molecule has 3 nitrogen and oxygen atoms in total. The number of likely N-dealkylation sites (tertiary alicyclic amines) is 1. The van der Waals surface area contributed by atoms with Gasteiger partial charge in [-0.25, -0.2) is 0 Å². The summed E-state index contributed by atoms with van der Waals surface area (Å²) in [5.74, 6) is 0. The van der Waals surface area contributed by atoms with Crippen molar-refractivity contribution >= 4 is 15.9 Å². The molecule has 118 valence electrons. The summed E-state index contributed by atoms with van der Waals surface area (Å²) in [6.07, 6.45) is 3.77. The molecule has 21 heavy (non-hydrogen) atoms. The van der Waals surface area contributed by atoms with Gasteiger partial charge in [-0.2, -0.15) is 0 Å². The SMILES string of the molecule is CNC(CCN1CCC(N(C)C)CC1)c1ccc(Br)cc1. The third kappa shape index (κ3) is 5.06. The van der Waals surface area contributed by atoms with Crippen molar-refractivity contribution in [1.29, 1.82) is 0 Å². The van der Waals surface area contributed by atoms with Crippen LogP contribution < -0.4 is 5.32 Å². The van der Waals surface area contributed by atoms with Gasteiger partial charge in [-0.3, -0.25) is 0 Å². The standard InChI is InChI=1S/C17H28BrN3/c1-19-17(14-4-6-15(18)7-5-14)10-13-21-11-8-16(9-12-21)20(2)3/h4-7,16-17,19H,8-13H2,1-3H3. The van der Waals surface area contributed by atoms with Gasteiger partial charge in [-0.1, -0.05) is 28.1 Å². The highest BCUT2D eigenvalue weighted by atomic mass is 79.9. The van der Waals surface area contributed by atoms with Crippen molar-refractivity contribution in [3.63, 3.8) is 0 Å². The average molecular weight is 354 g/mol. The Hall–Kier alpha value is -0.420. The van der Waals surface area contributed by atoms with Crippen LogP contribution in [0.1, 0.15) is 30.9 Å². The first-order valence-corrected chi connectivity index (χ1v) is 8.71. The van der Waals surface area contributed by atoms with Crippen LogP contribution in [-0.4, -0.2) is 56.6 Å². The van der Waals surface area contributed by atoms with Crippen LogP contribution in [0.25, 0.3) is 0 Å². The molecule has 1 N–H and O–H groups in total. The molecule has 0 saturated carbocycles. The van der Waals surface area contributed by atoms with Crippen LogP contribution in [0.15, 0.2) is 28.7 Å². The Labute approximate surface area is 137 Å². The van der Waals surface area contributed by atoms with E-state index in [1.165, 1.54) is 44.5 Å². The average Bonchev–Trinajstić information content (AvgIpc) is 2.50. The van der Waals surface area contributed by atoms with Crippen LogP contribution in [0.2, 0.25) is 0 Å². The highest BCUT2D eigenvalue weighted by Gasteiger charge is 2.21. The van der Waals surface area contributed by atoms with Gasteiger partial charge in [0.05, 0.1) is 0 Å². The van der Waals surface area contributed by atoms with E-state index < -0.39 is 0 Å². The zero-order valence-electron chi connectivity index (χ0n) is 13.5. The van der Waals surface area contributed by atoms with Gasteiger partial charge >= 0.3 is 0 Å². The Bertz CT molecular complexity index is 411.